The van der Waals surface area contributed by atoms with Crippen LogP contribution in [0.5, 0.6) is 0 Å². The van der Waals surface area contributed by atoms with E-state index in [9.17, 15) is 0 Å². The second-order valence-electron chi connectivity index (χ2n) is 3.37. The van der Waals surface area contributed by atoms with Crippen LogP contribution in [-0.2, 0) is 0 Å². The zero-order valence-corrected chi connectivity index (χ0v) is 9.77. The Labute approximate surface area is 94.1 Å². The van der Waals surface area contributed by atoms with Gasteiger partial charge in [0.15, 0.2) is 0 Å². The first-order chi connectivity index (χ1) is 7.29. The second-order valence-corrected chi connectivity index (χ2v) is 4.71. The largest absolute Gasteiger partial charge is 0.342 e. The van der Waals surface area contributed by atoms with E-state index in [0.29, 0.717) is 0 Å². The van der Waals surface area contributed by atoms with Crippen LogP contribution in [0.4, 0.5) is 0 Å². The van der Waals surface area contributed by atoms with Crippen molar-refractivity contribution in [1.29, 1.82) is 0 Å². The van der Waals surface area contributed by atoms with E-state index in [2.05, 4.69) is 41.2 Å². The Morgan fingerprint density at radius 1 is 1.27 bits per heavy atom. The number of imidazole rings is 1. The number of H-pyrrole nitrogens is 1. The molecule has 0 aliphatic carbocycles. The topological polar surface area (TPSA) is 28.7 Å². The van der Waals surface area contributed by atoms with E-state index in [1.807, 2.05) is 24.9 Å². The minimum Gasteiger partial charge on any atom is -0.342 e. The lowest BCUT2D eigenvalue weighted by Gasteiger charge is -2.00. The Balaban J connectivity index is 2.23. The van der Waals surface area contributed by atoms with Gasteiger partial charge in [-0.3, -0.25) is 0 Å². The normalized spacial score (nSPS) is 10.5. The molecule has 1 aromatic carbocycles. The van der Waals surface area contributed by atoms with E-state index in [4.69, 9.17) is 0 Å². The minimum absolute atomic E-state index is 0.945. The molecule has 2 rings (SSSR count). The van der Waals surface area contributed by atoms with Crippen LogP contribution in [0.25, 0.3) is 11.4 Å². The molecule has 0 saturated carbocycles. The van der Waals surface area contributed by atoms with E-state index in [-0.39, 0.29) is 0 Å². The van der Waals surface area contributed by atoms with Gasteiger partial charge in [0.25, 0.3) is 0 Å². The number of hydrogen-bond acceptors (Lipinski definition) is 2. The third kappa shape index (κ3) is 2.42. The van der Waals surface area contributed by atoms with Crippen LogP contribution < -0.4 is 0 Å². The number of aromatic nitrogens is 2. The summed E-state index contributed by atoms with van der Waals surface area (Å²) in [6.45, 7) is 4.17. The maximum atomic E-state index is 4.30. The van der Waals surface area contributed by atoms with Gasteiger partial charge in [-0.25, -0.2) is 4.98 Å². The second kappa shape index (κ2) is 4.53. The Hall–Kier alpha value is -1.22. The molecule has 0 amide bonds. The Morgan fingerprint density at radius 3 is 2.53 bits per heavy atom. The van der Waals surface area contributed by atoms with Gasteiger partial charge in [-0.05, 0) is 24.8 Å². The molecular weight excluding hydrogens is 204 g/mol. The molecule has 0 unspecified atom stereocenters. The van der Waals surface area contributed by atoms with Crippen molar-refractivity contribution in [1.82, 2.24) is 9.97 Å². The Morgan fingerprint density at radius 2 is 2.00 bits per heavy atom. The Kier molecular flexibility index (Phi) is 3.11. The van der Waals surface area contributed by atoms with Gasteiger partial charge < -0.3 is 4.98 Å². The van der Waals surface area contributed by atoms with E-state index in [1.54, 1.807) is 0 Å². The van der Waals surface area contributed by atoms with Crippen LogP contribution in [-0.4, -0.2) is 15.7 Å². The average Bonchev–Trinajstić information content (AvgIpc) is 2.67. The molecule has 0 atom stereocenters. The number of nitrogens with zero attached hydrogens (tertiary/aromatic N) is 1. The molecule has 2 aromatic rings. The van der Waals surface area contributed by atoms with Gasteiger partial charge in [0, 0.05) is 22.3 Å². The van der Waals surface area contributed by atoms with Crippen molar-refractivity contribution in [2.75, 3.05) is 5.75 Å². The number of benzene rings is 1. The molecule has 1 N–H and O–H groups in total. The maximum Gasteiger partial charge on any atom is 0.137 e. The number of nitrogens with one attached hydrogen (secondary N) is 1. The van der Waals surface area contributed by atoms with Crippen molar-refractivity contribution >= 4 is 11.8 Å². The number of rotatable bonds is 3. The molecule has 0 radical (unpaired) electrons. The smallest absolute Gasteiger partial charge is 0.137 e. The first-order valence-electron chi connectivity index (χ1n) is 5.04. The summed E-state index contributed by atoms with van der Waals surface area (Å²) < 4.78 is 0. The minimum atomic E-state index is 0.945. The zero-order chi connectivity index (χ0) is 10.7. The quantitative estimate of drug-likeness (QED) is 0.799. The van der Waals surface area contributed by atoms with E-state index < -0.39 is 0 Å². The van der Waals surface area contributed by atoms with Gasteiger partial charge in [-0.2, -0.15) is 0 Å². The molecule has 15 heavy (non-hydrogen) atoms. The lowest BCUT2D eigenvalue weighted by atomic mass is 10.2. The fourth-order valence-electron chi connectivity index (χ4n) is 1.44. The highest BCUT2D eigenvalue weighted by Gasteiger charge is 2.00. The molecule has 0 fully saturated rings. The fraction of sp³-hybridized carbons (Fsp3) is 0.250. The maximum absolute atomic E-state index is 4.30. The van der Waals surface area contributed by atoms with Crippen molar-refractivity contribution in [3.05, 3.63) is 36.2 Å². The summed E-state index contributed by atoms with van der Waals surface area (Å²) in [4.78, 5) is 8.83. The van der Waals surface area contributed by atoms with Crippen molar-refractivity contribution in [2.24, 2.45) is 0 Å². The lowest BCUT2D eigenvalue weighted by Crippen LogP contribution is -1.81. The van der Waals surface area contributed by atoms with Crippen LogP contribution >= 0.6 is 11.8 Å². The van der Waals surface area contributed by atoms with E-state index in [1.165, 1.54) is 4.90 Å². The van der Waals surface area contributed by atoms with Gasteiger partial charge in [0.1, 0.15) is 5.82 Å². The van der Waals surface area contributed by atoms with Crippen LogP contribution in [0.2, 0.25) is 0 Å². The molecule has 3 heteroatoms. The molecule has 78 valence electrons. The van der Waals surface area contributed by atoms with Crippen LogP contribution in [0.3, 0.4) is 0 Å². The van der Waals surface area contributed by atoms with Crippen molar-refractivity contribution in [3.63, 3.8) is 0 Å². The summed E-state index contributed by atoms with van der Waals surface area (Å²) in [5.74, 6) is 2.06. The highest BCUT2D eigenvalue weighted by molar-refractivity contribution is 7.99. The molecule has 0 saturated heterocycles. The van der Waals surface area contributed by atoms with Gasteiger partial charge in [0.05, 0.1) is 0 Å². The molecule has 0 spiro atoms. The first kappa shape index (κ1) is 10.3. The SMILES string of the molecule is CCSc1ccc(-c2ncc(C)[nH]2)cc1. The molecule has 2 nitrogen and oxygen atoms in total. The third-order valence-electron chi connectivity index (χ3n) is 2.14. The summed E-state index contributed by atoms with van der Waals surface area (Å²) >= 11 is 1.85. The van der Waals surface area contributed by atoms with Crippen LogP contribution in [0, 0.1) is 6.92 Å². The van der Waals surface area contributed by atoms with Crippen molar-refractivity contribution < 1.29 is 0 Å². The Bertz CT molecular complexity index is 431. The molecule has 0 aliphatic rings. The van der Waals surface area contributed by atoms with Gasteiger partial charge in [-0.15, -0.1) is 11.8 Å². The summed E-state index contributed by atoms with van der Waals surface area (Å²) in [6, 6.07) is 8.50. The van der Waals surface area contributed by atoms with Gasteiger partial charge >= 0.3 is 0 Å². The highest BCUT2D eigenvalue weighted by atomic mass is 32.2. The number of thioether (sulfide) groups is 1. The van der Waals surface area contributed by atoms with Crippen molar-refractivity contribution in [3.8, 4) is 11.4 Å². The monoisotopic (exact) mass is 218 g/mol. The average molecular weight is 218 g/mol. The summed E-state index contributed by atoms with van der Waals surface area (Å²) in [5.41, 5.74) is 2.24. The zero-order valence-electron chi connectivity index (χ0n) is 8.95. The third-order valence-corrected chi connectivity index (χ3v) is 3.04. The summed E-state index contributed by atoms with van der Waals surface area (Å²) in [5, 5.41) is 0. The predicted octanol–water partition coefficient (Wildman–Crippen LogP) is 3.50. The predicted molar refractivity (Wildman–Crippen MR) is 65.2 cm³/mol. The molecule has 1 aromatic heterocycles. The van der Waals surface area contributed by atoms with Gasteiger partial charge in [-0.1, -0.05) is 19.1 Å². The van der Waals surface area contributed by atoms with Gasteiger partial charge in [0.2, 0.25) is 0 Å². The molecule has 0 bridgehead atoms. The fourth-order valence-corrected chi connectivity index (χ4v) is 2.10. The standard InChI is InChI=1S/C12H14N2S/c1-3-15-11-6-4-10(5-7-11)12-13-8-9(2)14-12/h4-8H,3H2,1-2H3,(H,13,14). The van der Waals surface area contributed by atoms with E-state index >= 15 is 0 Å². The van der Waals surface area contributed by atoms with Crippen molar-refractivity contribution in [2.45, 2.75) is 18.7 Å². The highest BCUT2D eigenvalue weighted by Crippen LogP contribution is 2.22. The number of aromatic amines is 1. The number of hydrogen-bond donors (Lipinski definition) is 1. The van der Waals surface area contributed by atoms with Crippen LogP contribution in [0.1, 0.15) is 12.6 Å². The lowest BCUT2D eigenvalue weighted by molar-refractivity contribution is 1.25. The first-order valence-corrected chi connectivity index (χ1v) is 6.03. The van der Waals surface area contributed by atoms with E-state index in [0.717, 1.165) is 22.8 Å². The molecular formula is C12H14N2S. The molecule has 0 aliphatic heterocycles. The number of aryl methyl sites for hydroxylation is 1. The summed E-state index contributed by atoms with van der Waals surface area (Å²) in [6.07, 6.45) is 1.85. The van der Waals surface area contributed by atoms with Crippen LogP contribution in [0.15, 0.2) is 35.4 Å². The summed E-state index contributed by atoms with van der Waals surface area (Å²) in [7, 11) is 0. The molecule has 1 heterocycles.